The largest absolute Gasteiger partial charge is 0.416 e. The van der Waals surface area contributed by atoms with Crippen LogP contribution >= 0.6 is 0 Å². The quantitative estimate of drug-likeness (QED) is 0.432. The standard InChI is InChI=1S/C35H43F3N4O2/c1-40-20-33(11-2-3-12-33)19-39-31(40)16-34(21-44-22-34)24-5-4-6-27(15-24)42-18-29-28(32(42)43)13-23(14-30(29)35(36,37)38)17-41-25-7-8-26(41)10-9-25/h4-6,13-15,25-26,31,39H,2-3,7-12,16-22H2,1H3. The molecule has 9 heteroatoms. The lowest BCUT2D eigenvalue weighted by molar-refractivity contribution is -0.138. The van der Waals surface area contributed by atoms with E-state index in [0.29, 0.717) is 48.5 Å². The first-order chi connectivity index (χ1) is 21.1. The van der Waals surface area contributed by atoms with E-state index >= 15 is 0 Å². The van der Waals surface area contributed by atoms with Crippen molar-refractivity contribution in [1.82, 2.24) is 15.1 Å². The van der Waals surface area contributed by atoms with E-state index in [1.54, 1.807) is 6.07 Å². The zero-order chi connectivity index (χ0) is 30.3. The second-order valence-electron chi connectivity index (χ2n) is 14.7. The molecule has 0 radical (unpaired) electrons. The number of benzene rings is 2. The molecule has 2 aromatic rings. The van der Waals surface area contributed by atoms with Gasteiger partial charge in [0, 0.05) is 48.4 Å². The normalized spacial score (nSPS) is 29.5. The summed E-state index contributed by atoms with van der Waals surface area (Å²) in [5.74, 6) is -0.344. The third kappa shape index (κ3) is 4.81. The minimum absolute atomic E-state index is 0.0692. The maximum atomic E-state index is 14.4. The van der Waals surface area contributed by atoms with Crippen molar-refractivity contribution in [2.75, 3.05) is 38.3 Å². The minimum Gasteiger partial charge on any atom is -0.379 e. The second kappa shape index (κ2) is 10.5. The van der Waals surface area contributed by atoms with Crippen LogP contribution in [0.25, 0.3) is 0 Å². The topological polar surface area (TPSA) is 48.0 Å². The number of rotatable bonds is 6. The van der Waals surface area contributed by atoms with E-state index in [1.165, 1.54) is 36.6 Å². The molecule has 44 heavy (non-hydrogen) atoms. The lowest BCUT2D eigenvalue weighted by atomic mass is 9.73. The lowest BCUT2D eigenvalue weighted by Gasteiger charge is -2.50. The first-order valence-corrected chi connectivity index (χ1v) is 16.6. The van der Waals surface area contributed by atoms with Crippen LogP contribution in [-0.2, 0) is 29.4 Å². The van der Waals surface area contributed by atoms with E-state index in [1.807, 2.05) is 18.2 Å². The Morgan fingerprint density at radius 3 is 2.39 bits per heavy atom. The number of carbonyl (C=O) groups is 1. The van der Waals surface area contributed by atoms with Gasteiger partial charge < -0.3 is 15.0 Å². The van der Waals surface area contributed by atoms with Crippen LogP contribution in [-0.4, -0.2) is 67.3 Å². The Kier molecular flexibility index (Phi) is 6.94. The molecule has 2 aromatic carbocycles. The number of fused-ring (bicyclic) bond motifs is 3. The SMILES string of the molecule is CN1CC2(CCCC2)CNC1CC1(c2cccc(N3Cc4c(cc(CN5C6CCC5CC6)cc4C(F)(F)F)C3=O)c2)COC1. The Hall–Kier alpha value is -2.46. The predicted molar refractivity (Wildman–Crippen MR) is 162 cm³/mol. The second-order valence-corrected chi connectivity index (χ2v) is 14.7. The van der Waals surface area contributed by atoms with Crippen LogP contribution in [0.2, 0.25) is 0 Å². The summed E-state index contributed by atoms with van der Waals surface area (Å²) in [7, 11) is 2.21. The van der Waals surface area contributed by atoms with Crippen molar-refractivity contribution >= 4 is 11.6 Å². The van der Waals surface area contributed by atoms with E-state index in [0.717, 1.165) is 50.8 Å². The number of halogens is 3. The van der Waals surface area contributed by atoms with Crippen molar-refractivity contribution in [3.05, 3.63) is 64.2 Å². The summed E-state index contributed by atoms with van der Waals surface area (Å²) in [6.07, 6.45) is 6.26. The summed E-state index contributed by atoms with van der Waals surface area (Å²) in [6.45, 7) is 3.75. The van der Waals surface area contributed by atoms with Crippen LogP contribution in [0.3, 0.4) is 0 Å². The Bertz CT molecular complexity index is 1430. The van der Waals surface area contributed by atoms with Gasteiger partial charge in [0.05, 0.1) is 31.5 Å². The van der Waals surface area contributed by atoms with Crippen LogP contribution < -0.4 is 10.2 Å². The Morgan fingerprint density at radius 2 is 1.75 bits per heavy atom. The predicted octanol–water partition coefficient (Wildman–Crippen LogP) is 6.07. The molecule has 1 unspecified atom stereocenters. The first-order valence-electron chi connectivity index (χ1n) is 16.6. The summed E-state index contributed by atoms with van der Waals surface area (Å²) in [4.78, 5) is 20.2. The van der Waals surface area contributed by atoms with Gasteiger partial charge in [0.15, 0.2) is 0 Å². The number of amides is 1. The maximum Gasteiger partial charge on any atom is 0.416 e. The molecule has 8 rings (SSSR count). The summed E-state index contributed by atoms with van der Waals surface area (Å²) >= 11 is 0. The van der Waals surface area contributed by atoms with Crippen molar-refractivity contribution in [1.29, 1.82) is 0 Å². The zero-order valence-electron chi connectivity index (χ0n) is 25.6. The van der Waals surface area contributed by atoms with Crippen LogP contribution in [0.15, 0.2) is 36.4 Å². The molecule has 6 nitrogen and oxygen atoms in total. The molecule has 5 heterocycles. The van der Waals surface area contributed by atoms with E-state index in [9.17, 15) is 18.0 Å². The molecule has 4 saturated heterocycles. The molecule has 1 aliphatic carbocycles. The summed E-state index contributed by atoms with van der Waals surface area (Å²) < 4.78 is 49.0. The number of nitrogens with one attached hydrogen (secondary N) is 1. The Balaban J connectivity index is 1.05. The highest BCUT2D eigenvalue weighted by molar-refractivity contribution is 6.10. The van der Waals surface area contributed by atoms with Crippen LogP contribution in [0.4, 0.5) is 18.9 Å². The molecular formula is C35H43F3N4O2. The molecule has 1 N–H and O–H groups in total. The zero-order valence-corrected chi connectivity index (χ0v) is 25.6. The first kappa shape index (κ1) is 29.0. The van der Waals surface area contributed by atoms with Crippen LogP contribution in [0.1, 0.15) is 90.4 Å². The molecule has 1 saturated carbocycles. The van der Waals surface area contributed by atoms with Gasteiger partial charge in [-0.2, -0.15) is 13.2 Å². The van der Waals surface area contributed by atoms with Crippen molar-refractivity contribution in [3.8, 4) is 0 Å². The number of nitrogens with zero attached hydrogens (tertiary/aromatic N) is 3. The highest BCUT2D eigenvalue weighted by atomic mass is 19.4. The average molecular weight is 609 g/mol. The van der Waals surface area contributed by atoms with Gasteiger partial charge in [-0.3, -0.25) is 14.6 Å². The molecule has 5 aliphatic heterocycles. The lowest BCUT2D eigenvalue weighted by Crippen LogP contribution is -2.61. The minimum atomic E-state index is -4.52. The third-order valence-electron chi connectivity index (χ3n) is 12.0. The number of hydrogen-bond donors (Lipinski definition) is 1. The van der Waals surface area contributed by atoms with Crippen molar-refractivity contribution < 1.29 is 22.7 Å². The molecule has 5 fully saturated rings. The average Bonchev–Trinajstić information content (AvgIpc) is 3.76. The fraction of sp³-hybridized carbons (Fsp3) is 0.629. The molecular weight excluding hydrogens is 565 g/mol. The Morgan fingerprint density at radius 1 is 1.02 bits per heavy atom. The third-order valence-corrected chi connectivity index (χ3v) is 12.0. The monoisotopic (exact) mass is 608 g/mol. The molecule has 236 valence electrons. The molecule has 6 aliphatic rings. The molecule has 1 atom stereocenters. The summed E-state index contributed by atoms with van der Waals surface area (Å²) in [5.41, 5.74) is 2.14. The summed E-state index contributed by atoms with van der Waals surface area (Å²) in [5, 5.41) is 3.84. The van der Waals surface area contributed by atoms with Gasteiger partial charge in [0.2, 0.25) is 0 Å². The van der Waals surface area contributed by atoms with Crippen molar-refractivity contribution in [3.63, 3.8) is 0 Å². The van der Waals surface area contributed by atoms with E-state index in [-0.39, 0.29) is 35.2 Å². The van der Waals surface area contributed by atoms with Gasteiger partial charge in [-0.25, -0.2) is 0 Å². The molecule has 1 spiro atoms. The highest BCUT2D eigenvalue weighted by Gasteiger charge is 2.47. The molecule has 2 bridgehead atoms. The van der Waals surface area contributed by atoms with Gasteiger partial charge in [0.1, 0.15) is 0 Å². The van der Waals surface area contributed by atoms with Gasteiger partial charge in [-0.15, -0.1) is 0 Å². The van der Waals surface area contributed by atoms with E-state index in [2.05, 4.69) is 28.2 Å². The number of alkyl halides is 3. The van der Waals surface area contributed by atoms with Gasteiger partial charge in [0.25, 0.3) is 5.91 Å². The van der Waals surface area contributed by atoms with Gasteiger partial charge >= 0.3 is 6.18 Å². The number of carbonyl (C=O) groups excluding carboxylic acids is 1. The van der Waals surface area contributed by atoms with Gasteiger partial charge in [-0.05, 0) is 98.4 Å². The number of hydrogen-bond acceptors (Lipinski definition) is 5. The highest BCUT2D eigenvalue weighted by Crippen LogP contribution is 2.45. The van der Waals surface area contributed by atoms with E-state index in [4.69, 9.17) is 4.74 Å². The van der Waals surface area contributed by atoms with Crippen molar-refractivity contribution in [2.24, 2.45) is 5.41 Å². The Labute approximate surface area is 257 Å². The van der Waals surface area contributed by atoms with Gasteiger partial charge in [-0.1, -0.05) is 25.0 Å². The maximum absolute atomic E-state index is 14.4. The smallest absolute Gasteiger partial charge is 0.379 e. The summed E-state index contributed by atoms with van der Waals surface area (Å²) in [6, 6.07) is 11.8. The van der Waals surface area contributed by atoms with E-state index < -0.39 is 11.7 Å². The number of ether oxygens (including phenoxy) is 1. The number of anilines is 1. The van der Waals surface area contributed by atoms with Crippen molar-refractivity contribution in [2.45, 2.75) is 101 Å². The molecule has 1 amide bonds. The molecule has 0 aromatic heterocycles. The fourth-order valence-electron chi connectivity index (χ4n) is 9.51. The van der Waals surface area contributed by atoms with Crippen LogP contribution in [0.5, 0.6) is 0 Å². The fourth-order valence-corrected chi connectivity index (χ4v) is 9.51. The van der Waals surface area contributed by atoms with Crippen LogP contribution in [0, 0.1) is 5.41 Å².